The van der Waals surface area contributed by atoms with Gasteiger partial charge in [-0.3, -0.25) is 4.90 Å². The highest BCUT2D eigenvalue weighted by atomic mass is 16.5. The molecule has 1 N–H and O–H groups in total. The number of hydrogen-bond donors (Lipinski definition) is 1. The number of rotatable bonds is 4. The molecule has 0 spiro atoms. The third-order valence-corrected chi connectivity index (χ3v) is 3.59. The van der Waals surface area contributed by atoms with Gasteiger partial charge in [-0.25, -0.2) is 0 Å². The van der Waals surface area contributed by atoms with Gasteiger partial charge in [-0.15, -0.1) is 0 Å². The lowest BCUT2D eigenvalue weighted by Crippen LogP contribution is -2.31. The van der Waals surface area contributed by atoms with Gasteiger partial charge in [0, 0.05) is 19.6 Å². The molecule has 1 fully saturated rings. The van der Waals surface area contributed by atoms with Crippen LogP contribution in [0.1, 0.15) is 18.0 Å². The molecule has 1 heterocycles. The normalized spacial score (nSPS) is 17.9. The number of methoxy groups -OCH3 is 2. The molecule has 0 bridgehead atoms. The van der Waals surface area contributed by atoms with E-state index in [4.69, 9.17) is 9.47 Å². The summed E-state index contributed by atoms with van der Waals surface area (Å²) in [5.41, 5.74) is 0.951. The van der Waals surface area contributed by atoms with Crippen LogP contribution in [0, 0.1) is 11.3 Å². The molecule has 0 radical (unpaired) electrons. The van der Waals surface area contributed by atoms with E-state index in [1.54, 1.807) is 14.2 Å². The lowest BCUT2D eigenvalue weighted by atomic mass is 10.1. The van der Waals surface area contributed by atoms with Crippen LogP contribution in [0.3, 0.4) is 0 Å². The zero-order chi connectivity index (χ0) is 14.4. The fourth-order valence-corrected chi connectivity index (χ4v) is 2.51. The molecule has 2 rings (SSSR count). The number of hydrogen-bond acceptors (Lipinski definition) is 5. The van der Waals surface area contributed by atoms with Gasteiger partial charge in [-0.05, 0) is 30.7 Å². The third-order valence-electron chi connectivity index (χ3n) is 3.59. The van der Waals surface area contributed by atoms with Crippen LogP contribution < -0.4 is 14.8 Å². The zero-order valence-electron chi connectivity index (χ0n) is 12.1. The van der Waals surface area contributed by atoms with Crippen LogP contribution in [0.25, 0.3) is 0 Å². The summed E-state index contributed by atoms with van der Waals surface area (Å²) >= 11 is 0. The van der Waals surface area contributed by atoms with Crippen LogP contribution in [-0.2, 0) is 0 Å². The Morgan fingerprint density at radius 3 is 2.70 bits per heavy atom. The molecular weight excluding hydrogens is 254 g/mol. The predicted octanol–water partition coefficient (Wildman–Crippen LogP) is 1.56. The van der Waals surface area contributed by atoms with E-state index in [2.05, 4.69) is 16.3 Å². The smallest absolute Gasteiger partial charge is 0.161 e. The maximum atomic E-state index is 9.53. The van der Waals surface area contributed by atoms with Crippen LogP contribution in [0.2, 0.25) is 0 Å². The van der Waals surface area contributed by atoms with Crippen LogP contribution in [0.4, 0.5) is 0 Å². The molecular formula is C15H21N3O2. The summed E-state index contributed by atoms with van der Waals surface area (Å²) in [6, 6.07) is 7.85. The Bertz CT molecular complexity index is 476. The van der Waals surface area contributed by atoms with Gasteiger partial charge < -0.3 is 14.8 Å². The van der Waals surface area contributed by atoms with Crippen molar-refractivity contribution >= 4 is 0 Å². The molecule has 1 aliphatic rings. The van der Waals surface area contributed by atoms with Gasteiger partial charge in [0.15, 0.2) is 11.5 Å². The van der Waals surface area contributed by atoms with E-state index in [1.807, 2.05) is 18.2 Å². The third kappa shape index (κ3) is 3.21. The first kappa shape index (κ1) is 14.6. The Labute approximate surface area is 120 Å². The minimum absolute atomic E-state index is 0.241. The molecule has 1 atom stereocenters. The molecule has 1 aromatic rings. The number of nitrogens with zero attached hydrogens (tertiary/aromatic N) is 2. The SMILES string of the molecule is COc1ccc(C(C#N)N2CCCNCC2)cc1OC. The largest absolute Gasteiger partial charge is 0.493 e. The Morgan fingerprint density at radius 1 is 1.20 bits per heavy atom. The van der Waals surface area contributed by atoms with Gasteiger partial charge in [-0.1, -0.05) is 6.07 Å². The van der Waals surface area contributed by atoms with E-state index in [0.29, 0.717) is 11.5 Å². The van der Waals surface area contributed by atoms with Crippen LogP contribution in [-0.4, -0.2) is 45.3 Å². The maximum Gasteiger partial charge on any atom is 0.161 e. The molecule has 0 saturated carbocycles. The summed E-state index contributed by atoms with van der Waals surface area (Å²) in [6.07, 6.45) is 1.06. The summed E-state index contributed by atoms with van der Waals surface area (Å²) in [7, 11) is 3.22. The Balaban J connectivity index is 2.24. The molecule has 0 aliphatic carbocycles. The molecule has 20 heavy (non-hydrogen) atoms. The summed E-state index contributed by atoms with van der Waals surface area (Å²) in [5.74, 6) is 1.35. The van der Waals surface area contributed by atoms with Gasteiger partial charge in [0.2, 0.25) is 0 Å². The lowest BCUT2D eigenvalue weighted by Gasteiger charge is -2.25. The van der Waals surface area contributed by atoms with Crippen molar-refractivity contribution in [2.75, 3.05) is 40.4 Å². The van der Waals surface area contributed by atoms with Gasteiger partial charge >= 0.3 is 0 Å². The fourth-order valence-electron chi connectivity index (χ4n) is 2.51. The molecule has 0 amide bonds. The first-order valence-corrected chi connectivity index (χ1v) is 6.86. The molecule has 5 nitrogen and oxygen atoms in total. The van der Waals surface area contributed by atoms with E-state index < -0.39 is 0 Å². The summed E-state index contributed by atoms with van der Waals surface area (Å²) < 4.78 is 10.6. The highest BCUT2D eigenvalue weighted by molar-refractivity contribution is 5.44. The van der Waals surface area contributed by atoms with E-state index in [9.17, 15) is 5.26 Å². The molecule has 108 valence electrons. The second-order valence-electron chi connectivity index (χ2n) is 4.79. The van der Waals surface area contributed by atoms with Crippen molar-refractivity contribution in [2.24, 2.45) is 0 Å². The van der Waals surface area contributed by atoms with Crippen molar-refractivity contribution in [3.63, 3.8) is 0 Å². The van der Waals surface area contributed by atoms with Gasteiger partial charge in [0.05, 0.1) is 20.3 Å². The average Bonchev–Trinajstić information content (AvgIpc) is 2.77. The standard InChI is InChI=1S/C15H21N3O2/c1-19-14-5-4-12(10-15(14)20-2)13(11-16)18-8-3-6-17-7-9-18/h4-5,10,13,17H,3,6-9H2,1-2H3. The van der Waals surface area contributed by atoms with E-state index in [-0.39, 0.29) is 6.04 Å². The van der Waals surface area contributed by atoms with Crippen molar-refractivity contribution in [1.29, 1.82) is 5.26 Å². The van der Waals surface area contributed by atoms with Crippen molar-refractivity contribution in [3.05, 3.63) is 23.8 Å². The highest BCUT2D eigenvalue weighted by Gasteiger charge is 2.22. The molecule has 0 aromatic heterocycles. The number of nitriles is 1. The summed E-state index contributed by atoms with van der Waals surface area (Å²) in [5, 5.41) is 12.9. The maximum absolute atomic E-state index is 9.53. The highest BCUT2D eigenvalue weighted by Crippen LogP contribution is 2.31. The minimum atomic E-state index is -0.241. The van der Waals surface area contributed by atoms with E-state index in [1.165, 1.54) is 0 Å². The Hall–Kier alpha value is -1.77. The zero-order valence-corrected chi connectivity index (χ0v) is 12.1. The van der Waals surface area contributed by atoms with Crippen molar-refractivity contribution in [1.82, 2.24) is 10.2 Å². The molecule has 1 saturated heterocycles. The number of nitrogens with one attached hydrogen (secondary N) is 1. The predicted molar refractivity (Wildman–Crippen MR) is 77.0 cm³/mol. The van der Waals surface area contributed by atoms with Gasteiger partial charge in [-0.2, -0.15) is 5.26 Å². The monoisotopic (exact) mass is 275 g/mol. The van der Waals surface area contributed by atoms with Gasteiger partial charge in [0.1, 0.15) is 6.04 Å². The Kier molecular flexibility index (Phi) is 5.22. The van der Waals surface area contributed by atoms with Crippen LogP contribution in [0.5, 0.6) is 11.5 Å². The Morgan fingerprint density at radius 2 is 2.00 bits per heavy atom. The number of benzene rings is 1. The molecule has 1 aliphatic heterocycles. The van der Waals surface area contributed by atoms with Gasteiger partial charge in [0.25, 0.3) is 0 Å². The first-order valence-electron chi connectivity index (χ1n) is 6.86. The number of ether oxygens (including phenoxy) is 2. The second kappa shape index (κ2) is 7.13. The summed E-state index contributed by atoms with van der Waals surface area (Å²) in [6.45, 7) is 3.75. The fraction of sp³-hybridized carbons (Fsp3) is 0.533. The molecule has 1 unspecified atom stereocenters. The summed E-state index contributed by atoms with van der Waals surface area (Å²) in [4.78, 5) is 2.21. The quantitative estimate of drug-likeness (QED) is 0.904. The van der Waals surface area contributed by atoms with Crippen LogP contribution in [0.15, 0.2) is 18.2 Å². The lowest BCUT2D eigenvalue weighted by molar-refractivity contribution is 0.251. The van der Waals surface area contributed by atoms with Crippen molar-refractivity contribution in [2.45, 2.75) is 12.5 Å². The molecule has 1 aromatic carbocycles. The molecule has 5 heteroatoms. The van der Waals surface area contributed by atoms with E-state index in [0.717, 1.165) is 38.2 Å². The van der Waals surface area contributed by atoms with Crippen molar-refractivity contribution < 1.29 is 9.47 Å². The van der Waals surface area contributed by atoms with E-state index >= 15 is 0 Å². The van der Waals surface area contributed by atoms with Crippen LogP contribution >= 0.6 is 0 Å². The minimum Gasteiger partial charge on any atom is -0.493 e. The average molecular weight is 275 g/mol. The second-order valence-corrected chi connectivity index (χ2v) is 4.79. The first-order chi connectivity index (χ1) is 9.80. The van der Waals surface area contributed by atoms with Crippen molar-refractivity contribution in [3.8, 4) is 17.6 Å². The topological polar surface area (TPSA) is 57.5 Å².